The minimum atomic E-state index is -1.46. The lowest BCUT2D eigenvalue weighted by Crippen LogP contribution is -2.51. The van der Waals surface area contributed by atoms with Crippen molar-refractivity contribution >= 4 is 23.9 Å². The zero-order chi connectivity index (χ0) is 19.6. The molecule has 0 rings (SSSR count). The first-order chi connectivity index (χ1) is 11.6. The molecule has 10 nitrogen and oxygen atoms in total. The van der Waals surface area contributed by atoms with E-state index < -0.39 is 54.9 Å². The van der Waals surface area contributed by atoms with Crippen molar-refractivity contribution in [3.63, 3.8) is 0 Å². The summed E-state index contributed by atoms with van der Waals surface area (Å²) in [7, 11) is 1.19. The van der Waals surface area contributed by atoms with Crippen LogP contribution < -0.4 is 0 Å². The van der Waals surface area contributed by atoms with Gasteiger partial charge in [0.25, 0.3) is 0 Å². The van der Waals surface area contributed by atoms with Gasteiger partial charge >= 0.3 is 23.9 Å². The van der Waals surface area contributed by atoms with Crippen LogP contribution in [0.4, 0.5) is 0 Å². The molecule has 0 aliphatic carbocycles. The third-order valence-corrected chi connectivity index (χ3v) is 2.75. The van der Waals surface area contributed by atoms with E-state index >= 15 is 0 Å². The first-order valence-electron chi connectivity index (χ1n) is 7.19. The highest BCUT2D eigenvalue weighted by Gasteiger charge is 2.42. The van der Waals surface area contributed by atoms with E-state index in [0.29, 0.717) is 0 Å². The third kappa shape index (κ3) is 8.66. The minimum absolute atomic E-state index is 0.453. The first kappa shape index (κ1) is 22.3. The number of carbonyl (C=O) groups excluding carboxylic acids is 4. The maximum atomic E-state index is 11.4. The third-order valence-electron chi connectivity index (χ3n) is 2.75. The summed E-state index contributed by atoms with van der Waals surface area (Å²) in [5.41, 5.74) is 0. The summed E-state index contributed by atoms with van der Waals surface area (Å²) in [5, 5.41) is 9.20. The zero-order valence-electron chi connectivity index (χ0n) is 14.6. The minimum Gasteiger partial charge on any atom is -0.462 e. The van der Waals surface area contributed by atoms with Crippen LogP contribution in [-0.2, 0) is 42.9 Å². The Labute approximate surface area is 144 Å². The number of carbonyl (C=O) groups is 4. The van der Waals surface area contributed by atoms with Gasteiger partial charge in [0.05, 0.1) is 0 Å². The van der Waals surface area contributed by atoms with E-state index in [-0.39, 0.29) is 0 Å². The van der Waals surface area contributed by atoms with Crippen molar-refractivity contribution in [3.8, 4) is 6.07 Å². The second-order valence-electron chi connectivity index (χ2n) is 4.88. The Kier molecular flexibility index (Phi) is 9.81. The summed E-state index contributed by atoms with van der Waals surface area (Å²) in [6, 6.07) is 1.70. The highest BCUT2D eigenvalue weighted by atomic mass is 16.6. The number of ether oxygens (including phenoxy) is 5. The monoisotopic (exact) mass is 359 g/mol. The van der Waals surface area contributed by atoms with Crippen molar-refractivity contribution in [2.45, 2.75) is 52.1 Å². The fraction of sp³-hybridized carbons (Fsp3) is 0.667. The Hall–Kier alpha value is -2.67. The van der Waals surface area contributed by atoms with Gasteiger partial charge in [-0.05, 0) is 0 Å². The van der Waals surface area contributed by atoms with Gasteiger partial charge in [0.1, 0.15) is 18.8 Å². The van der Waals surface area contributed by atoms with Crippen molar-refractivity contribution in [1.82, 2.24) is 0 Å². The lowest BCUT2D eigenvalue weighted by Gasteiger charge is -2.32. The molecule has 0 heterocycles. The van der Waals surface area contributed by atoms with Gasteiger partial charge in [0.2, 0.25) is 6.10 Å². The molecule has 25 heavy (non-hydrogen) atoms. The van der Waals surface area contributed by atoms with Crippen molar-refractivity contribution in [3.05, 3.63) is 0 Å². The first-order valence-corrected chi connectivity index (χ1v) is 7.19. The Bertz CT molecular complexity index is 540. The van der Waals surface area contributed by atoms with Gasteiger partial charge in [0, 0.05) is 34.8 Å². The van der Waals surface area contributed by atoms with E-state index in [9.17, 15) is 24.4 Å². The van der Waals surface area contributed by atoms with Crippen LogP contribution in [0.3, 0.4) is 0 Å². The van der Waals surface area contributed by atoms with E-state index in [1.165, 1.54) is 7.11 Å². The van der Waals surface area contributed by atoms with Gasteiger partial charge in [-0.1, -0.05) is 0 Å². The maximum Gasteiger partial charge on any atom is 0.304 e. The molecule has 0 fully saturated rings. The molecule has 0 aromatic heterocycles. The SMILES string of the molecule is CO[C@H]([C@H](OC(C)=O)[C@@H](COC(C)=O)OC(C)=O)[C@H](C#N)OC(C)=O. The van der Waals surface area contributed by atoms with Crippen molar-refractivity contribution in [2.24, 2.45) is 0 Å². The van der Waals surface area contributed by atoms with E-state index in [0.717, 1.165) is 27.7 Å². The molecular weight excluding hydrogens is 338 g/mol. The van der Waals surface area contributed by atoms with E-state index in [2.05, 4.69) is 0 Å². The summed E-state index contributed by atoms with van der Waals surface area (Å²) < 4.78 is 24.9. The Morgan fingerprint density at radius 1 is 0.840 bits per heavy atom. The fourth-order valence-corrected chi connectivity index (χ4v) is 1.93. The van der Waals surface area contributed by atoms with Crippen LogP contribution >= 0.6 is 0 Å². The molecule has 0 aromatic carbocycles. The van der Waals surface area contributed by atoms with Crippen molar-refractivity contribution < 1.29 is 42.9 Å². The molecule has 0 saturated carbocycles. The highest BCUT2D eigenvalue weighted by Crippen LogP contribution is 2.18. The molecule has 10 heteroatoms. The van der Waals surface area contributed by atoms with Gasteiger partial charge in [-0.25, -0.2) is 0 Å². The van der Waals surface area contributed by atoms with Gasteiger partial charge in [0.15, 0.2) is 12.2 Å². The number of nitrogens with zero attached hydrogens (tertiary/aromatic N) is 1. The molecule has 4 atom stereocenters. The quantitative estimate of drug-likeness (QED) is 0.404. The molecule has 0 aliphatic rings. The fourth-order valence-electron chi connectivity index (χ4n) is 1.93. The average molecular weight is 359 g/mol. The molecule has 0 saturated heterocycles. The number of methoxy groups -OCH3 is 1. The van der Waals surface area contributed by atoms with Crippen LogP contribution in [0.15, 0.2) is 0 Å². The standard InChI is InChI=1S/C15H21NO9/c1-8(17)22-7-13(24-10(3)19)15(25-11(4)20)14(21-5)12(6-16)23-9(2)18/h12-15H,7H2,1-5H3/t12-,13+,14-,15+/m0/s1. The predicted octanol–water partition coefficient (Wildman–Crippen LogP) is -0.117. The lowest BCUT2D eigenvalue weighted by atomic mass is 10.0. The van der Waals surface area contributed by atoms with Crippen LogP contribution in [0.5, 0.6) is 0 Å². The van der Waals surface area contributed by atoms with E-state index in [1.807, 2.05) is 0 Å². The number of rotatable bonds is 9. The smallest absolute Gasteiger partial charge is 0.304 e. The summed E-state index contributed by atoms with van der Waals surface area (Å²) >= 11 is 0. The van der Waals surface area contributed by atoms with Crippen molar-refractivity contribution in [1.29, 1.82) is 5.26 Å². The van der Waals surface area contributed by atoms with E-state index in [4.69, 9.17) is 23.7 Å². The molecular formula is C15H21NO9. The molecule has 0 spiro atoms. The molecule has 0 amide bonds. The summed E-state index contributed by atoms with van der Waals surface area (Å²) in [6.07, 6.45) is -5.39. The number of hydrogen-bond donors (Lipinski definition) is 0. The zero-order valence-corrected chi connectivity index (χ0v) is 14.6. The Morgan fingerprint density at radius 3 is 1.72 bits per heavy atom. The Morgan fingerprint density at radius 2 is 1.36 bits per heavy atom. The Balaban J connectivity index is 5.70. The average Bonchev–Trinajstić information content (AvgIpc) is 2.48. The van der Waals surface area contributed by atoms with Crippen LogP contribution in [0.2, 0.25) is 0 Å². The van der Waals surface area contributed by atoms with Crippen LogP contribution in [-0.4, -0.2) is 62.0 Å². The summed E-state index contributed by atoms with van der Waals surface area (Å²) in [4.78, 5) is 44.9. The molecule has 0 bridgehead atoms. The molecule has 0 unspecified atom stereocenters. The van der Waals surface area contributed by atoms with Gasteiger partial charge in [-0.15, -0.1) is 0 Å². The highest BCUT2D eigenvalue weighted by molar-refractivity contribution is 5.68. The second-order valence-corrected chi connectivity index (χ2v) is 4.88. The maximum absolute atomic E-state index is 11.4. The summed E-state index contributed by atoms with van der Waals surface area (Å²) in [5.74, 6) is -2.94. The largest absolute Gasteiger partial charge is 0.462 e. The normalized spacial score (nSPS) is 14.9. The number of nitriles is 1. The molecule has 0 N–H and O–H groups in total. The molecule has 0 aliphatic heterocycles. The molecule has 0 aromatic rings. The van der Waals surface area contributed by atoms with Crippen LogP contribution in [0.1, 0.15) is 27.7 Å². The molecule has 140 valence electrons. The number of esters is 4. The summed E-state index contributed by atoms with van der Waals surface area (Å²) in [6.45, 7) is 3.95. The van der Waals surface area contributed by atoms with Crippen LogP contribution in [0.25, 0.3) is 0 Å². The number of hydrogen-bond acceptors (Lipinski definition) is 10. The second kappa shape index (κ2) is 11.0. The topological polar surface area (TPSA) is 138 Å². The molecule has 0 radical (unpaired) electrons. The van der Waals surface area contributed by atoms with Gasteiger partial charge < -0.3 is 23.7 Å². The predicted molar refractivity (Wildman–Crippen MR) is 79.7 cm³/mol. The van der Waals surface area contributed by atoms with Gasteiger partial charge in [-0.2, -0.15) is 5.26 Å². The lowest BCUT2D eigenvalue weighted by molar-refractivity contribution is -0.192. The van der Waals surface area contributed by atoms with E-state index in [1.54, 1.807) is 6.07 Å². The van der Waals surface area contributed by atoms with Gasteiger partial charge in [-0.3, -0.25) is 19.2 Å². The van der Waals surface area contributed by atoms with Crippen LogP contribution in [0, 0.1) is 11.3 Å². The van der Waals surface area contributed by atoms with Crippen molar-refractivity contribution in [2.75, 3.05) is 13.7 Å².